The second-order valence-electron chi connectivity index (χ2n) is 5.01. The molecule has 1 fully saturated rings. The summed E-state index contributed by atoms with van der Waals surface area (Å²) in [4.78, 5) is 13.9. The predicted octanol–water partition coefficient (Wildman–Crippen LogP) is 2.27. The number of benzene rings is 1. The Balaban J connectivity index is 1.96. The second kappa shape index (κ2) is 5.72. The lowest BCUT2D eigenvalue weighted by molar-refractivity contribution is 0.0265. The van der Waals surface area contributed by atoms with Crippen molar-refractivity contribution < 1.29 is 9.90 Å². The summed E-state index contributed by atoms with van der Waals surface area (Å²) < 4.78 is 0. The highest BCUT2D eigenvalue weighted by molar-refractivity contribution is 6.17. The number of hydrogen-bond acceptors (Lipinski definition) is 2. The quantitative estimate of drug-likeness (QED) is 0.851. The van der Waals surface area contributed by atoms with Gasteiger partial charge in [-0.2, -0.15) is 0 Å². The molecule has 1 saturated carbocycles. The van der Waals surface area contributed by atoms with Gasteiger partial charge in [-0.1, -0.05) is 12.1 Å². The largest absolute Gasteiger partial charge is 0.393 e. The van der Waals surface area contributed by atoms with Crippen molar-refractivity contribution in [1.29, 1.82) is 0 Å². The van der Waals surface area contributed by atoms with E-state index in [1.807, 2.05) is 24.3 Å². The molecular formula is C14H18ClNO2. The van der Waals surface area contributed by atoms with Crippen LogP contribution in [0.2, 0.25) is 0 Å². The molecule has 0 atom stereocenters. The first-order valence-corrected chi connectivity index (χ1v) is 6.72. The van der Waals surface area contributed by atoms with Crippen LogP contribution in [-0.4, -0.2) is 35.6 Å². The lowest BCUT2D eigenvalue weighted by atomic mass is 9.82. The smallest absolute Gasteiger partial charge is 0.253 e. The van der Waals surface area contributed by atoms with Gasteiger partial charge in [-0.25, -0.2) is 0 Å². The summed E-state index contributed by atoms with van der Waals surface area (Å²) >= 11 is 5.76. The Bertz CT molecular complexity index is 430. The van der Waals surface area contributed by atoms with Gasteiger partial charge >= 0.3 is 0 Å². The lowest BCUT2D eigenvalue weighted by Crippen LogP contribution is -2.39. The van der Waals surface area contributed by atoms with E-state index in [1.54, 1.807) is 11.9 Å². The standard InChI is InChI=1S/C14H18ClNO2/c1-16(9-11-6-13(17)7-11)14(18)12-4-2-3-10(5-12)8-15/h2-5,11,13,17H,6-9H2,1H3. The molecule has 1 aliphatic rings. The molecule has 2 rings (SSSR count). The first kappa shape index (κ1) is 13.4. The van der Waals surface area contributed by atoms with E-state index in [-0.39, 0.29) is 12.0 Å². The van der Waals surface area contributed by atoms with Gasteiger partial charge in [0.05, 0.1) is 6.10 Å². The monoisotopic (exact) mass is 267 g/mol. The van der Waals surface area contributed by atoms with Gasteiger partial charge in [0, 0.05) is 25.0 Å². The average molecular weight is 268 g/mol. The Morgan fingerprint density at radius 3 is 2.83 bits per heavy atom. The molecule has 1 aliphatic carbocycles. The number of rotatable bonds is 4. The van der Waals surface area contributed by atoms with Crippen LogP contribution in [0.4, 0.5) is 0 Å². The van der Waals surface area contributed by atoms with Gasteiger partial charge < -0.3 is 10.0 Å². The third kappa shape index (κ3) is 3.03. The minimum Gasteiger partial charge on any atom is -0.393 e. The van der Waals surface area contributed by atoms with Crippen molar-refractivity contribution in [2.75, 3.05) is 13.6 Å². The summed E-state index contributed by atoms with van der Waals surface area (Å²) in [5.74, 6) is 0.869. The number of nitrogens with zero attached hydrogens (tertiary/aromatic N) is 1. The Morgan fingerprint density at radius 2 is 2.22 bits per heavy atom. The first-order valence-electron chi connectivity index (χ1n) is 6.18. The van der Waals surface area contributed by atoms with Gasteiger partial charge in [0.2, 0.25) is 0 Å². The number of amides is 1. The van der Waals surface area contributed by atoms with Gasteiger partial charge in [-0.05, 0) is 36.5 Å². The number of aliphatic hydroxyl groups is 1. The molecule has 0 radical (unpaired) electrons. The number of alkyl halides is 1. The molecule has 1 aromatic rings. The van der Waals surface area contributed by atoms with E-state index in [4.69, 9.17) is 11.6 Å². The van der Waals surface area contributed by atoms with E-state index in [2.05, 4.69) is 0 Å². The zero-order valence-electron chi connectivity index (χ0n) is 10.5. The zero-order valence-corrected chi connectivity index (χ0v) is 11.2. The molecule has 4 heteroatoms. The van der Waals surface area contributed by atoms with Crippen LogP contribution in [-0.2, 0) is 5.88 Å². The number of carbonyl (C=O) groups is 1. The summed E-state index contributed by atoms with van der Waals surface area (Å²) in [6.45, 7) is 0.709. The Morgan fingerprint density at radius 1 is 1.50 bits per heavy atom. The maximum absolute atomic E-state index is 12.2. The molecular weight excluding hydrogens is 250 g/mol. The molecule has 1 aromatic carbocycles. The molecule has 0 heterocycles. The highest BCUT2D eigenvalue weighted by Crippen LogP contribution is 2.27. The molecule has 98 valence electrons. The molecule has 0 unspecified atom stereocenters. The van der Waals surface area contributed by atoms with Crippen molar-refractivity contribution in [3.05, 3.63) is 35.4 Å². The van der Waals surface area contributed by atoms with E-state index in [1.165, 1.54) is 0 Å². The third-order valence-electron chi connectivity index (χ3n) is 3.42. The normalized spacial score (nSPS) is 22.4. The highest BCUT2D eigenvalue weighted by Gasteiger charge is 2.29. The van der Waals surface area contributed by atoms with Crippen LogP contribution in [0.15, 0.2) is 24.3 Å². The molecule has 3 nitrogen and oxygen atoms in total. The van der Waals surface area contributed by atoms with E-state index in [9.17, 15) is 9.90 Å². The van der Waals surface area contributed by atoms with Crippen molar-refractivity contribution in [3.63, 3.8) is 0 Å². The molecule has 0 bridgehead atoms. The van der Waals surface area contributed by atoms with Crippen molar-refractivity contribution in [1.82, 2.24) is 4.90 Å². The molecule has 0 spiro atoms. The minimum atomic E-state index is -0.168. The fourth-order valence-electron chi connectivity index (χ4n) is 2.33. The van der Waals surface area contributed by atoms with Crippen molar-refractivity contribution in [3.8, 4) is 0 Å². The zero-order chi connectivity index (χ0) is 13.1. The first-order chi connectivity index (χ1) is 8.60. The van der Waals surface area contributed by atoms with Gasteiger partial charge in [-0.15, -0.1) is 11.6 Å². The molecule has 18 heavy (non-hydrogen) atoms. The summed E-state index contributed by atoms with van der Waals surface area (Å²) in [7, 11) is 1.81. The summed E-state index contributed by atoms with van der Waals surface area (Å²) in [5.41, 5.74) is 1.63. The molecule has 0 aromatic heterocycles. The van der Waals surface area contributed by atoms with Crippen molar-refractivity contribution in [2.45, 2.75) is 24.8 Å². The fraction of sp³-hybridized carbons (Fsp3) is 0.500. The molecule has 1 amide bonds. The fourth-order valence-corrected chi connectivity index (χ4v) is 2.49. The lowest BCUT2D eigenvalue weighted by Gasteiger charge is -2.34. The summed E-state index contributed by atoms with van der Waals surface area (Å²) in [6, 6.07) is 7.41. The van der Waals surface area contributed by atoms with Gasteiger partial charge in [0.25, 0.3) is 5.91 Å². The van der Waals surface area contributed by atoms with E-state index >= 15 is 0 Å². The predicted molar refractivity (Wildman–Crippen MR) is 71.7 cm³/mol. The van der Waals surface area contributed by atoms with Crippen LogP contribution >= 0.6 is 11.6 Å². The van der Waals surface area contributed by atoms with E-state index in [0.29, 0.717) is 23.9 Å². The Kier molecular flexibility index (Phi) is 4.25. The molecule has 0 aliphatic heterocycles. The van der Waals surface area contributed by atoms with Crippen LogP contribution in [0, 0.1) is 5.92 Å². The third-order valence-corrected chi connectivity index (χ3v) is 3.73. The van der Waals surface area contributed by atoms with Crippen LogP contribution < -0.4 is 0 Å². The SMILES string of the molecule is CN(CC1CC(O)C1)C(=O)c1cccc(CCl)c1. The average Bonchev–Trinajstić information content (AvgIpc) is 2.36. The number of halogens is 1. The highest BCUT2D eigenvalue weighted by atomic mass is 35.5. The Labute approximate surface area is 112 Å². The van der Waals surface area contributed by atoms with Crippen LogP contribution in [0.25, 0.3) is 0 Å². The number of carbonyl (C=O) groups excluding carboxylic acids is 1. The van der Waals surface area contributed by atoms with Gasteiger partial charge in [0.1, 0.15) is 0 Å². The minimum absolute atomic E-state index is 0.0170. The summed E-state index contributed by atoms with van der Waals surface area (Å²) in [6.07, 6.45) is 1.44. The van der Waals surface area contributed by atoms with E-state index < -0.39 is 0 Å². The topological polar surface area (TPSA) is 40.5 Å². The van der Waals surface area contributed by atoms with Crippen molar-refractivity contribution in [2.24, 2.45) is 5.92 Å². The van der Waals surface area contributed by atoms with Crippen LogP contribution in [0.5, 0.6) is 0 Å². The van der Waals surface area contributed by atoms with Gasteiger partial charge in [0.15, 0.2) is 0 Å². The van der Waals surface area contributed by atoms with Gasteiger partial charge in [-0.3, -0.25) is 4.79 Å². The molecule has 1 N–H and O–H groups in total. The second-order valence-corrected chi connectivity index (χ2v) is 5.28. The summed E-state index contributed by atoms with van der Waals surface area (Å²) in [5, 5.41) is 9.24. The maximum atomic E-state index is 12.2. The number of hydrogen-bond donors (Lipinski definition) is 1. The number of aliphatic hydroxyl groups excluding tert-OH is 1. The molecule has 0 saturated heterocycles. The van der Waals surface area contributed by atoms with Crippen LogP contribution in [0.3, 0.4) is 0 Å². The van der Waals surface area contributed by atoms with E-state index in [0.717, 1.165) is 18.4 Å². The van der Waals surface area contributed by atoms with Crippen LogP contribution in [0.1, 0.15) is 28.8 Å². The maximum Gasteiger partial charge on any atom is 0.253 e. The van der Waals surface area contributed by atoms with Crippen molar-refractivity contribution >= 4 is 17.5 Å². The Hall–Kier alpha value is -1.06.